The minimum absolute atomic E-state index is 0.0574. The van der Waals surface area contributed by atoms with E-state index in [2.05, 4.69) is 5.16 Å². The predicted octanol–water partition coefficient (Wildman–Crippen LogP) is 1.86. The van der Waals surface area contributed by atoms with Crippen LogP contribution in [0.2, 0.25) is 0 Å². The standard InChI is InChI=1S/C13H19FN2O3/c1-9(2)19-7-6-18-8-10-4-3-5-11(12(10)14)13(15)16-17/h3-5,9,17H,6-8H2,1-2H3,(H2,15,16). The minimum atomic E-state index is -0.539. The van der Waals surface area contributed by atoms with Gasteiger partial charge in [-0.2, -0.15) is 0 Å². The van der Waals surface area contributed by atoms with Crippen molar-refractivity contribution in [3.05, 3.63) is 35.1 Å². The highest BCUT2D eigenvalue weighted by atomic mass is 19.1. The lowest BCUT2D eigenvalue weighted by atomic mass is 10.1. The smallest absolute Gasteiger partial charge is 0.173 e. The van der Waals surface area contributed by atoms with E-state index in [1.807, 2.05) is 13.8 Å². The van der Waals surface area contributed by atoms with Crippen LogP contribution >= 0.6 is 0 Å². The number of nitrogens with zero attached hydrogens (tertiary/aromatic N) is 1. The summed E-state index contributed by atoms with van der Waals surface area (Å²) in [5, 5.41) is 11.3. The van der Waals surface area contributed by atoms with E-state index in [1.165, 1.54) is 6.07 Å². The summed E-state index contributed by atoms with van der Waals surface area (Å²) in [4.78, 5) is 0. The predicted molar refractivity (Wildman–Crippen MR) is 69.7 cm³/mol. The number of oxime groups is 1. The summed E-state index contributed by atoms with van der Waals surface area (Å²) in [6.45, 7) is 4.81. The summed E-state index contributed by atoms with van der Waals surface area (Å²) in [7, 11) is 0. The van der Waals surface area contributed by atoms with Gasteiger partial charge in [-0.3, -0.25) is 0 Å². The van der Waals surface area contributed by atoms with Crippen LogP contribution in [0.4, 0.5) is 4.39 Å². The van der Waals surface area contributed by atoms with Crippen molar-refractivity contribution < 1.29 is 19.1 Å². The molecule has 6 heteroatoms. The van der Waals surface area contributed by atoms with Crippen molar-refractivity contribution in [2.45, 2.75) is 26.6 Å². The molecule has 0 heterocycles. The molecule has 1 aromatic rings. The first-order valence-electron chi connectivity index (χ1n) is 6.01. The molecule has 0 aliphatic rings. The Morgan fingerprint density at radius 2 is 2.16 bits per heavy atom. The average molecular weight is 270 g/mol. The van der Waals surface area contributed by atoms with Crippen LogP contribution in [-0.4, -0.2) is 30.4 Å². The maximum atomic E-state index is 14.0. The average Bonchev–Trinajstić information content (AvgIpc) is 2.39. The van der Waals surface area contributed by atoms with Gasteiger partial charge < -0.3 is 20.4 Å². The molecule has 0 atom stereocenters. The zero-order valence-electron chi connectivity index (χ0n) is 11.1. The zero-order valence-corrected chi connectivity index (χ0v) is 11.1. The quantitative estimate of drug-likeness (QED) is 0.261. The molecule has 0 unspecified atom stereocenters. The van der Waals surface area contributed by atoms with Crippen LogP contribution in [0.5, 0.6) is 0 Å². The van der Waals surface area contributed by atoms with Gasteiger partial charge in [0.05, 0.1) is 31.5 Å². The van der Waals surface area contributed by atoms with Gasteiger partial charge in [-0.25, -0.2) is 4.39 Å². The monoisotopic (exact) mass is 270 g/mol. The number of nitrogens with two attached hydrogens (primary N) is 1. The molecule has 0 bridgehead atoms. The Kier molecular flexibility index (Phi) is 6.24. The molecule has 5 nitrogen and oxygen atoms in total. The van der Waals surface area contributed by atoms with E-state index in [1.54, 1.807) is 12.1 Å². The SMILES string of the molecule is CC(C)OCCOCc1cccc(/C(N)=N/O)c1F. The number of rotatable bonds is 7. The summed E-state index contributed by atoms with van der Waals surface area (Å²) in [6.07, 6.45) is 0.143. The van der Waals surface area contributed by atoms with Gasteiger partial charge in [-0.05, 0) is 19.9 Å². The molecule has 0 amide bonds. The highest BCUT2D eigenvalue weighted by Crippen LogP contribution is 2.13. The summed E-state index contributed by atoms with van der Waals surface area (Å²) in [6, 6.07) is 4.66. The third-order valence-corrected chi connectivity index (χ3v) is 2.40. The van der Waals surface area contributed by atoms with Gasteiger partial charge in [-0.15, -0.1) is 0 Å². The molecule has 0 spiro atoms. The number of hydrogen-bond donors (Lipinski definition) is 2. The second kappa shape index (κ2) is 7.70. The van der Waals surface area contributed by atoms with Crippen molar-refractivity contribution in [3.8, 4) is 0 Å². The molecule has 1 rings (SSSR count). The Labute approximate surface area is 111 Å². The van der Waals surface area contributed by atoms with E-state index in [-0.39, 0.29) is 24.1 Å². The number of ether oxygens (including phenoxy) is 2. The first-order chi connectivity index (χ1) is 9.06. The molecular weight excluding hydrogens is 251 g/mol. The summed E-state index contributed by atoms with van der Waals surface area (Å²) in [5.74, 6) is -0.801. The fraction of sp³-hybridized carbons (Fsp3) is 0.462. The zero-order chi connectivity index (χ0) is 14.3. The lowest BCUT2D eigenvalue weighted by Crippen LogP contribution is -2.16. The first kappa shape index (κ1) is 15.4. The molecule has 0 aliphatic heterocycles. The highest BCUT2D eigenvalue weighted by molar-refractivity contribution is 5.97. The summed E-state index contributed by atoms with van der Waals surface area (Å²) >= 11 is 0. The molecule has 19 heavy (non-hydrogen) atoms. The third-order valence-electron chi connectivity index (χ3n) is 2.40. The molecule has 3 N–H and O–H groups in total. The minimum Gasteiger partial charge on any atom is -0.409 e. The van der Waals surface area contributed by atoms with E-state index >= 15 is 0 Å². The second-order valence-electron chi connectivity index (χ2n) is 4.24. The van der Waals surface area contributed by atoms with Crippen LogP contribution in [0.1, 0.15) is 25.0 Å². The van der Waals surface area contributed by atoms with Crippen molar-refractivity contribution in [3.63, 3.8) is 0 Å². The Bertz CT molecular complexity index is 436. The van der Waals surface area contributed by atoms with Crippen LogP contribution in [0, 0.1) is 5.82 Å². The summed E-state index contributed by atoms with van der Waals surface area (Å²) in [5.41, 5.74) is 5.79. The fourth-order valence-corrected chi connectivity index (χ4v) is 1.47. The molecule has 0 saturated carbocycles. The molecule has 0 fully saturated rings. The number of halogens is 1. The highest BCUT2D eigenvalue weighted by Gasteiger charge is 2.11. The van der Waals surface area contributed by atoms with Crippen molar-refractivity contribution in [1.82, 2.24) is 0 Å². The summed E-state index contributed by atoms with van der Waals surface area (Å²) < 4.78 is 24.6. The second-order valence-corrected chi connectivity index (χ2v) is 4.24. The molecule has 106 valence electrons. The third kappa shape index (κ3) is 4.84. The Hall–Kier alpha value is -1.66. The van der Waals surface area contributed by atoms with Gasteiger partial charge in [0, 0.05) is 5.56 Å². The van der Waals surface area contributed by atoms with E-state index in [0.717, 1.165) is 0 Å². The molecular formula is C13H19FN2O3. The van der Waals surface area contributed by atoms with Crippen LogP contribution < -0.4 is 5.73 Å². The Balaban J connectivity index is 2.55. The van der Waals surface area contributed by atoms with Crippen LogP contribution in [-0.2, 0) is 16.1 Å². The van der Waals surface area contributed by atoms with Gasteiger partial charge in [0.15, 0.2) is 5.84 Å². The van der Waals surface area contributed by atoms with Crippen molar-refractivity contribution >= 4 is 5.84 Å². The van der Waals surface area contributed by atoms with E-state index in [4.69, 9.17) is 20.4 Å². The topological polar surface area (TPSA) is 77.1 Å². The Morgan fingerprint density at radius 3 is 2.79 bits per heavy atom. The van der Waals surface area contributed by atoms with Crippen LogP contribution in [0.3, 0.4) is 0 Å². The van der Waals surface area contributed by atoms with Crippen molar-refractivity contribution in [1.29, 1.82) is 0 Å². The van der Waals surface area contributed by atoms with Crippen LogP contribution in [0.15, 0.2) is 23.4 Å². The maximum absolute atomic E-state index is 14.0. The van der Waals surface area contributed by atoms with E-state index in [0.29, 0.717) is 18.8 Å². The van der Waals surface area contributed by atoms with Gasteiger partial charge in [0.25, 0.3) is 0 Å². The molecule has 0 aromatic heterocycles. The number of hydrogen-bond acceptors (Lipinski definition) is 4. The van der Waals surface area contributed by atoms with Crippen molar-refractivity contribution in [2.24, 2.45) is 10.9 Å². The molecule has 0 aliphatic carbocycles. The van der Waals surface area contributed by atoms with Crippen molar-refractivity contribution in [2.75, 3.05) is 13.2 Å². The Morgan fingerprint density at radius 1 is 1.42 bits per heavy atom. The van der Waals surface area contributed by atoms with E-state index < -0.39 is 5.82 Å². The van der Waals surface area contributed by atoms with E-state index in [9.17, 15) is 4.39 Å². The molecule has 0 saturated heterocycles. The number of amidine groups is 1. The number of benzene rings is 1. The van der Waals surface area contributed by atoms with Gasteiger partial charge >= 0.3 is 0 Å². The van der Waals surface area contributed by atoms with Gasteiger partial charge in [-0.1, -0.05) is 17.3 Å². The van der Waals surface area contributed by atoms with Crippen LogP contribution in [0.25, 0.3) is 0 Å². The molecule has 1 aromatic carbocycles. The maximum Gasteiger partial charge on any atom is 0.173 e. The fourth-order valence-electron chi connectivity index (χ4n) is 1.47. The normalized spacial score (nSPS) is 12.1. The lowest BCUT2D eigenvalue weighted by molar-refractivity contribution is 0.0137. The first-order valence-corrected chi connectivity index (χ1v) is 6.01. The van der Waals surface area contributed by atoms with Gasteiger partial charge in [0.1, 0.15) is 5.82 Å². The molecule has 0 radical (unpaired) electrons. The lowest BCUT2D eigenvalue weighted by Gasteiger charge is -2.10. The van der Waals surface area contributed by atoms with Gasteiger partial charge in [0.2, 0.25) is 0 Å². The largest absolute Gasteiger partial charge is 0.409 e.